The molecule has 0 N–H and O–H groups in total. The van der Waals surface area contributed by atoms with Crippen molar-refractivity contribution in [2.45, 2.75) is 17.7 Å². The lowest BCUT2D eigenvalue weighted by atomic mass is 10.1. The van der Waals surface area contributed by atoms with Crippen molar-refractivity contribution in [1.29, 1.82) is 0 Å². The van der Waals surface area contributed by atoms with E-state index in [0.717, 1.165) is 41.2 Å². The molecule has 3 heterocycles. The molecule has 4 aromatic rings. The van der Waals surface area contributed by atoms with E-state index in [2.05, 4.69) is 19.8 Å². The number of sulfonamides is 1. The fourth-order valence-electron chi connectivity index (χ4n) is 4.35. The molecule has 0 saturated carbocycles. The molecule has 1 aliphatic rings. The maximum atomic E-state index is 13.3. The lowest BCUT2D eigenvalue weighted by molar-refractivity contribution is -0.274. The molecule has 5 rings (SSSR count). The standard InChI is InChI=1S/C24H23F3N6O4S/c1-36-18-5-3-17(4-6-18)21-15-28-23-29-16-30-33(23)22(21)31-11-2-12-32(14-13-31)38(34,35)20-9-7-19(8-10-20)37-24(25,26)27/h3-10,15-16H,2,11-14H2,1H3. The molecular formula is C24H23F3N6O4S. The molecule has 0 atom stereocenters. The van der Waals surface area contributed by atoms with E-state index in [9.17, 15) is 21.6 Å². The molecule has 1 fully saturated rings. The van der Waals surface area contributed by atoms with Gasteiger partial charge in [0.15, 0.2) is 0 Å². The summed E-state index contributed by atoms with van der Waals surface area (Å²) in [6, 6.07) is 11.7. The van der Waals surface area contributed by atoms with Crippen molar-refractivity contribution in [3.05, 3.63) is 61.1 Å². The lowest BCUT2D eigenvalue weighted by Gasteiger charge is -2.26. The van der Waals surface area contributed by atoms with Gasteiger partial charge in [-0.15, -0.1) is 13.2 Å². The van der Waals surface area contributed by atoms with Crippen molar-refractivity contribution in [1.82, 2.24) is 23.9 Å². The van der Waals surface area contributed by atoms with E-state index in [1.807, 2.05) is 29.2 Å². The van der Waals surface area contributed by atoms with Gasteiger partial charge in [-0.1, -0.05) is 12.1 Å². The Morgan fingerprint density at radius 3 is 2.29 bits per heavy atom. The van der Waals surface area contributed by atoms with Gasteiger partial charge in [0.05, 0.1) is 12.0 Å². The molecule has 0 spiro atoms. The summed E-state index contributed by atoms with van der Waals surface area (Å²) in [5.74, 6) is 1.36. The topological polar surface area (TPSA) is 102 Å². The van der Waals surface area contributed by atoms with Crippen LogP contribution in [0.25, 0.3) is 16.9 Å². The fourth-order valence-corrected chi connectivity index (χ4v) is 5.82. The Bertz CT molecular complexity index is 1530. The summed E-state index contributed by atoms with van der Waals surface area (Å²) in [4.78, 5) is 10.5. The number of aromatic nitrogens is 4. The maximum absolute atomic E-state index is 13.3. The minimum atomic E-state index is -4.86. The van der Waals surface area contributed by atoms with E-state index in [1.54, 1.807) is 17.8 Å². The van der Waals surface area contributed by atoms with Crippen LogP contribution in [0.15, 0.2) is 66.0 Å². The second-order valence-corrected chi connectivity index (χ2v) is 10.4. The minimum Gasteiger partial charge on any atom is -0.497 e. The Morgan fingerprint density at radius 2 is 1.61 bits per heavy atom. The van der Waals surface area contributed by atoms with Gasteiger partial charge in [-0.25, -0.2) is 13.4 Å². The van der Waals surface area contributed by atoms with Gasteiger partial charge in [0.1, 0.15) is 23.6 Å². The first kappa shape index (κ1) is 25.7. The first-order valence-corrected chi connectivity index (χ1v) is 13.0. The molecule has 0 unspecified atom stereocenters. The normalized spacial score (nSPS) is 15.4. The maximum Gasteiger partial charge on any atom is 0.573 e. The number of hydrogen-bond acceptors (Lipinski definition) is 8. The highest BCUT2D eigenvalue weighted by atomic mass is 32.2. The van der Waals surface area contributed by atoms with Crippen molar-refractivity contribution < 1.29 is 31.1 Å². The minimum absolute atomic E-state index is 0.109. The molecular weight excluding hydrogens is 525 g/mol. The number of alkyl halides is 3. The van der Waals surface area contributed by atoms with Crippen LogP contribution in [0.2, 0.25) is 0 Å². The number of fused-ring (bicyclic) bond motifs is 1. The van der Waals surface area contributed by atoms with E-state index in [4.69, 9.17) is 4.74 Å². The quantitative estimate of drug-likeness (QED) is 0.360. The Balaban J connectivity index is 1.41. The van der Waals surface area contributed by atoms with E-state index in [0.29, 0.717) is 31.0 Å². The third-order valence-electron chi connectivity index (χ3n) is 6.13. The molecule has 0 bridgehead atoms. The number of rotatable bonds is 6. The highest BCUT2D eigenvalue weighted by Gasteiger charge is 2.32. The first-order valence-electron chi connectivity index (χ1n) is 11.6. The SMILES string of the molecule is COc1ccc(-c2cnc3ncnn3c2N2CCCN(S(=O)(=O)c3ccc(OC(F)(F)F)cc3)CC2)cc1. The molecule has 10 nitrogen and oxygen atoms in total. The van der Waals surface area contributed by atoms with Crippen LogP contribution in [0.4, 0.5) is 19.0 Å². The predicted molar refractivity (Wildman–Crippen MR) is 131 cm³/mol. The Morgan fingerprint density at radius 1 is 0.895 bits per heavy atom. The lowest BCUT2D eigenvalue weighted by Crippen LogP contribution is -2.35. The molecule has 200 valence electrons. The van der Waals surface area contributed by atoms with Gasteiger partial charge >= 0.3 is 6.36 Å². The zero-order valence-corrected chi connectivity index (χ0v) is 21.0. The summed E-state index contributed by atoms with van der Waals surface area (Å²) >= 11 is 0. The monoisotopic (exact) mass is 548 g/mol. The third kappa shape index (κ3) is 5.22. The summed E-state index contributed by atoms with van der Waals surface area (Å²) in [6.07, 6.45) is -1.23. The van der Waals surface area contributed by atoms with Crippen LogP contribution in [-0.4, -0.2) is 72.0 Å². The second kappa shape index (κ2) is 10.1. The molecule has 38 heavy (non-hydrogen) atoms. The van der Waals surface area contributed by atoms with Gasteiger partial charge in [0.25, 0.3) is 5.78 Å². The van der Waals surface area contributed by atoms with Crippen LogP contribution < -0.4 is 14.4 Å². The molecule has 2 aromatic heterocycles. The van der Waals surface area contributed by atoms with Crippen molar-refractivity contribution in [3.63, 3.8) is 0 Å². The van der Waals surface area contributed by atoms with Crippen molar-refractivity contribution in [2.24, 2.45) is 0 Å². The largest absolute Gasteiger partial charge is 0.573 e. The van der Waals surface area contributed by atoms with Crippen LogP contribution in [0.5, 0.6) is 11.5 Å². The van der Waals surface area contributed by atoms with Crippen LogP contribution in [0, 0.1) is 0 Å². The smallest absolute Gasteiger partial charge is 0.497 e. The number of hydrogen-bond donors (Lipinski definition) is 0. The summed E-state index contributed by atoms with van der Waals surface area (Å²) < 4.78 is 76.0. The molecule has 14 heteroatoms. The van der Waals surface area contributed by atoms with Gasteiger partial charge < -0.3 is 14.4 Å². The summed E-state index contributed by atoms with van der Waals surface area (Å²) in [5.41, 5.74) is 1.67. The van der Waals surface area contributed by atoms with Crippen LogP contribution in [-0.2, 0) is 10.0 Å². The van der Waals surface area contributed by atoms with E-state index in [-0.39, 0.29) is 18.0 Å². The van der Waals surface area contributed by atoms with E-state index < -0.39 is 22.1 Å². The van der Waals surface area contributed by atoms with Gasteiger partial charge in [0, 0.05) is 37.9 Å². The molecule has 1 aliphatic heterocycles. The molecule has 2 aromatic carbocycles. The Labute approximate surface area is 216 Å². The summed E-state index contributed by atoms with van der Waals surface area (Å²) in [6.45, 7) is 1.27. The molecule has 1 saturated heterocycles. The van der Waals surface area contributed by atoms with Crippen LogP contribution in [0.1, 0.15) is 6.42 Å². The van der Waals surface area contributed by atoms with E-state index in [1.165, 1.54) is 10.6 Å². The van der Waals surface area contributed by atoms with Crippen molar-refractivity contribution >= 4 is 21.6 Å². The number of ether oxygens (including phenoxy) is 2. The zero-order valence-electron chi connectivity index (χ0n) is 20.2. The second-order valence-electron chi connectivity index (χ2n) is 8.46. The van der Waals surface area contributed by atoms with E-state index >= 15 is 0 Å². The number of anilines is 1. The predicted octanol–water partition coefficient (Wildman–Crippen LogP) is 3.60. The number of nitrogens with zero attached hydrogens (tertiary/aromatic N) is 6. The van der Waals surface area contributed by atoms with Gasteiger partial charge in [-0.05, 0) is 48.4 Å². The van der Waals surface area contributed by atoms with Gasteiger partial charge in [-0.2, -0.15) is 18.9 Å². The average Bonchev–Trinajstić information content (AvgIpc) is 3.23. The molecule has 0 radical (unpaired) electrons. The summed E-state index contributed by atoms with van der Waals surface area (Å²) in [7, 11) is -2.36. The van der Waals surface area contributed by atoms with Crippen molar-refractivity contribution in [2.75, 3.05) is 38.2 Å². The van der Waals surface area contributed by atoms with Gasteiger partial charge in [-0.3, -0.25) is 0 Å². The number of methoxy groups -OCH3 is 1. The highest BCUT2D eigenvalue weighted by molar-refractivity contribution is 7.89. The number of halogens is 3. The Kier molecular flexibility index (Phi) is 6.84. The number of benzene rings is 2. The van der Waals surface area contributed by atoms with Crippen LogP contribution in [0.3, 0.4) is 0 Å². The highest BCUT2D eigenvalue weighted by Crippen LogP contribution is 2.33. The third-order valence-corrected chi connectivity index (χ3v) is 8.04. The summed E-state index contributed by atoms with van der Waals surface area (Å²) in [5, 5.41) is 4.35. The fraction of sp³-hybridized carbons (Fsp3) is 0.292. The zero-order chi connectivity index (χ0) is 26.9. The molecule has 0 aliphatic carbocycles. The van der Waals surface area contributed by atoms with Crippen LogP contribution >= 0.6 is 0 Å². The first-order chi connectivity index (χ1) is 18.2. The average molecular weight is 549 g/mol. The van der Waals surface area contributed by atoms with Gasteiger partial charge in [0.2, 0.25) is 10.0 Å². The van der Waals surface area contributed by atoms with Crippen molar-refractivity contribution in [3.8, 4) is 22.6 Å². The molecule has 0 amide bonds. The Hall–Kier alpha value is -3.91.